The van der Waals surface area contributed by atoms with Gasteiger partial charge in [-0.25, -0.2) is 0 Å². The van der Waals surface area contributed by atoms with Crippen LogP contribution in [-0.2, 0) is 6.54 Å². The van der Waals surface area contributed by atoms with E-state index >= 15 is 0 Å². The van der Waals surface area contributed by atoms with E-state index in [-0.39, 0.29) is 0 Å². The molecule has 0 saturated carbocycles. The van der Waals surface area contributed by atoms with Gasteiger partial charge in [0.1, 0.15) is 5.76 Å². The highest BCUT2D eigenvalue weighted by atomic mass is 16.3. The molecule has 2 rings (SSSR count). The van der Waals surface area contributed by atoms with E-state index in [2.05, 4.69) is 48.5 Å². The summed E-state index contributed by atoms with van der Waals surface area (Å²) in [5, 5.41) is 3.33. The van der Waals surface area contributed by atoms with Crippen molar-refractivity contribution in [3.8, 4) is 0 Å². The maximum atomic E-state index is 5.35. The fraction of sp³-hybridized carbons (Fsp3) is 0.412. The van der Waals surface area contributed by atoms with Crippen LogP contribution < -0.4 is 10.2 Å². The van der Waals surface area contributed by atoms with E-state index in [9.17, 15) is 0 Å². The van der Waals surface area contributed by atoms with Crippen LogP contribution in [0.2, 0.25) is 0 Å². The van der Waals surface area contributed by atoms with Gasteiger partial charge in [-0.3, -0.25) is 0 Å². The molecule has 2 aromatic rings. The number of hydrogen-bond acceptors (Lipinski definition) is 3. The lowest BCUT2D eigenvalue weighted by molar-refractivity contribution is 0.529. The topological polar surface area (TPSA) is 28.4 Å². The van der Waals surface area contributed by atoms with Crippen molar-refractivity contribution in [2.75, 3.05) is 19.0 Å². The molecule has 1 aromatic carbocycles. The molecule has 0 radical (unpaired) electrons. The predicted octanol–water partition coefficient (Wildman–Crippen LogP) is 3.89. The minimum absolute atomic E-state index is 0.436. The molecule has 0 spiro atoms. The Hall–Kier alpha value is -1.74. The molecule has 0 saturated heterocycles. The Bertz CT molecular complexity index is 526. The zero-order valence-electron chi connectivity index (χ0n) is 12.8. The molecule has 1 heterocycles. The van der Waals surface area contributed by atoms with Gasteiger partial charge in [0.25, 0.3) is 0 Å². The Morgan fingerprint density at radius 2 is 1.90 bits per heavy atom. The smallest absolute Gasteiger partial charge is 0.105 e. The molecule has 108 valence electrons. The van der Waals surface area contributed by atoms with E-state index in [4.69, 9.17) is 4.42 Å². The van der Waals surface area contributed by atoms with Crippen molar-refractivity contribution in [2.24, 2.45) is 0 Å². The van der Waals surface area contributed by atoms with Crippen molar-refractivity contribution in [1.29, 1.82) is 0 Å². The molecule has 0 fully saturated rings. The van der Waals surface area contributed by atoms with Crippen molar-refractivity contribution in [1.82, 2.24) is 5.32 Å². The summed E-state index contributed by atoms with van der Waals surface area (Å²) >= 11 is 0. The zero-order valence-corrected chi connectivity index (χ0v) is 12.8. The van der Waals surface area contributed by atoms with Crippen LogP contribution in [0, 0.1) is 6.92 Å². The number of rotatable bonds is 6. The second kappa shape index (κ2) is 6.62. The largest absolute Gasteiger partial charge is 0.469 e. The molecule has 0 aliphatic heterocycles. The summed E-state index contributed by atoms with van der Waals surface area (Å²) in [5.74, 6) is 0.995. The Morgan fingerprint density at radius 1 is 1.20 bits per heavy atom. The molecule has 1 N–H and O–H groups in total. The molecule has 0 bridgehead atoms. The third-order valence-corrected chi connectivity index (χ3v) is 3.87. The van der Waals surface area contributed by atoms with E-state index in [1.807, 2.05) is 20.0 Å². The minimum Gasteiger partial charge on any atom is -0.469 e. The molecule has 20 heavy (non-hydrogen) atoms. The number of furan rings is 1. The maximum Gasteiger partial charge on any atom is 0.105 e. The molecule has 3 heteroatoms. The van der Waals surface area contributed by atoms with E-state index in [1.54, 1.807) is 6.26 Å². The summed E-state index contributed by atoms with van der Waals surface area (Å²) in [6.07, 6.45) is 2.85. The zero-order chi connectivity index (χ0) is 14.5. The van der Waals surface area contributed by atoms with Crippen LogP contribution in [0.3, 0.4) is 0 Å². The van der Waals surface area contributed by atoms with Crippen molar-refractivity contribution in [3.63, 3.8) is 0 Å². The molecule has 0 amide bonds. The number of nitrogens with one attached hydrogen (secondary N) is 1. The van der Waals surface area contributed by atoms with Crippen LogP contribution in [0.4, 0.5) is 5.69 Å². The average Bonchev–Trinajstić information content (AvgIpc) is 2.86. The fourth-order valence-electron chi connectivity index (χ4n) is 2.49. The van der Waals surface area contributed by atoms with Gasteiger partial charge in [0, 0.05) is 30.9 Å². The van der Waals surface area contributed by atoms with E-state index < -0.39 is 0 Å². The van der Waals surface area contributed by atoms with E-state index in [1.165, 1.54) is 16.8 Å². The second-order valence-corrected chi connectivity index (χ2v) is 5.20. The van der Waals surface area contributed by atoms with Gasteiger partial charge in [-0.2, -0.15) is 0 Å². The van der Waals surface area contributed by atoms with Gasteiger partial charge in [0.2, 0.25) is 0 Å². The SMILES string of the molecule is CCC(NC)c1ccc(N(C)Cc2ccoc2C)cc1. The second-order valence-electron chi connectivity index (χ2n) is 5.20. The number of benzene rings is 1. The van der Waals surface area contributed by atoms with E-state index in [0.717, 1.165) is 18.7 Å². The first-order chi connectivity index (χ1) is 9.65. The van der Waals surface area contributed by atoms with Crippen molar-refractivity contribution >= 4 is 5.69 Å². The van der Waals surface area contributed by atoms with Crippen molar-refractivity contribution in [3.05, 3.63) is 53.5 Å². The number of nitrogens with zero attached hydrogens (tertiary/aromatic N) is 1. The van der Waals surface area contributed by atoms with Crippen LogP contribution in [0.15, 0.2) is 41.0 Å². The highest BCUT2D eigenvalue weighted by molar-refractivity contribution is 5.48. The molecular weight excluding hydrogens is 248 g/mol. The standard InChI is InChI=1S/C17H24N2O/c1-5-17(18-3)14-6-8-16(9-7-14)19(4)12-15-10-11-20-13(15)2/h6-11,17-18H,5,12H2,1-4H3. The van der Waals surface area contributed by atoms with Crippen LogP contribution in [0.1, 0.15) is 36.3 Å². The first-order valence-corrected chi connectivity index (χ1v) is 7.17. The molecule has 0 aliphatic carbocycles. The third-order valence-electron chi connectivity index (χ3n) is 3.87. The predicted molar refractivity (Wildman–Crippen MR) is 84.1 cm³/mol. The van der Waals surface area contributed by atoms with Gasteiger partial charge < -0.3 is 14.6 Å². The van der Waals surface area contributed by atoms with Crippen molar-refractivity contribution in [2.45, 2.75) is 32.9 Å². The highest BCUT2D eigenvalue weighted by Crippen LogP contribution is 2.22. The molecule has 1 aromatic heterocycles. The first-order valence-electron chi connectivity index (χ1n) is 7.17. The lowest BCUT2D eigenvalue weighted by Crippen LogP contribution is -2.17. The lowest BCUT2D eigenvalue weighted by Gasteiger charge is -2.20. The number of anilines is 1. The number of aryl methyl sites for hydroxylation is 1. The fourth-order valence-corrected chi connectivity index (χ4v) is 2.49. The van der Waals surface area contributed by atoms with Gasteiger partial charge >= 0.3 is 0 Å². The normalized spacial score (nSPS) is 12.4. The Kier molecular flexibility index (Phi) is 4.85. The van der Waals surface area contributed by atoms with Gasteiger partial charge in [-0.05, 0) is 44.2 Å². The highest BCUT2D eigenvalue weighted by Gasteiger charge is 2.09. The Labute approximate surface area is 121 Å². The summed E-state index contributed by atoms with van der Waals surface area (Å²) in [7, 11) is 4.12. The quantitative estimate of drug-likeness (QED) is 0.864. The van der Waals surface area contributed by atoms with Crippen LogP contribution in [0.25, 0.3) is 0 Å². The molecule has 1 unspecified atom stereocenters. The summed E-state index contributed by atoms with van der Waals surface area (Å²) in [6.45, 7) is 5.07. The molecule has 3 nitrogen and oxygen atoms in total. The monoisotopic (exact) mass is 272 g/mol. The first kappa shape index (κ1) is 14.7. The average molecular weight is 272 g/mol. The summed E-state index contributed by atoms with van der Waals surface area (Å²) in [6, 6.07) is 11.3. The minimum atomic E-state index is 0.436. The van der Waals surface area contributed by atoms with Crippen LogP contribution in [0.5, 0.6) is 0 Å². The summed E-state index contributed by atoms with van der Waals surface area (Å²) in [4.78, 5) is 2.24. The van der Waals surface area contributed by atoms with Crippen molar-refractivity contribution < 1.29 is 4.42 Å². The number of hydrogen-bond donors (Lipinski definition) is 1. The lowest BCUT2D eigenvalue weighted by atomic mass is 10.0. The Morgan fingerprint density at radius 3 is 2.40 bits per heavy atom. The molecule has 1 atom stereocenters. The van der Waals surface area contributed by atoms with Gasteiger partial charge in [0.05, 0.1) is 6.26 Å². The van der Waals surface area contributed by atoms with Crippen LogP contribution in [-0.4, -0.2) is 14.1 Å². The van der Waals surface area contributed by atoms with Crippen LogP contribution >= 0.6 is 0 Å². The van der Waals surface area contributed by atoms with Gasteiger partial charge in [-0.1, -0.05) is 19.1 Å². The Balaban J connectivity index is 2.07. The van der Waals surface area contributed by atoms with Gasteiger partial charge in [-0.15, -0.1) is 0 Å². The van der Waals surface area contributed by atoms with E-state index in [0.29, 0.717) is 6.04 Å². The van der Waals surface area contributed by atoms with Gasteiger partial charge in [0.15, 0.2) is 0 Å². The molecular formula is C17H24N2O. The summed E-state index contributed by atoms with van der Waals surface area (Å²) < 4.78 is 5.35. The summed E-state index contributed by atoms with van der Waals surface area (Å²) in [5.41, 5.74) is 3.80. The third kappa shape index (κ3) is 3.23. The maximum absolute atomic E-state index is 5.35. The molecule has 0 aliphatic rings.